The van der Waals surface area contributed by atoms with E-state index in [1.54, 1.807) is 24.3 Å². The predicted molar refractivity (Wildman–Crippen MR) is 396 cm³/mol. The highest BCUT2D eigenvalue weighted by Gasteiger charge is 2.20. The Bertz CT molecular complexity index is 3800. The minimum absolute atomic E-state index is 0. The van der Waals surface area contributed by atoms with E-state index in [2.05, 4.69) is 183 Å². The first-order chi connectivity index (χ1) is 46.8. The molecule has 0 aliphatic rings. The van der Waals surface area contributed by atoms with Crippen LogP contribution in [0.15, 0.2) is 257 Å². The molecule has 0 bridgehead atoms. The van der Waals surface area contributed by atoms with Crippen LogP contribution < -0.4 is 9.80 Å². The Hall–Kier alpha value is -11.4. The zero-order valence-electron chi connectivity index (χ0n) is 54.7. The number of hydrogen-bond acceptors (Lipinski definition) is 10. The topological polar surface area (TPSA) is 112 Å². The van der Waals surface area contributed by atoms with Gasteiger partial charge in [-0.3, -0.25) is 19.2 Å². The lowest BCUT2D eigenvalue weighted by molar-refractivity contribution is -0.145. The summed E-state index contributed by atoms with van der Waals surface area (Å²) in [7, 11) is 0. The molecule has 0 atom stereocenters. The number of ether oxygens (including phenoxy) is 4. The first kappa shape index (κ1) is 70.0. The van der Waals surface area contributed by atoms with E-state index < -0.39 is 0 Å². The van der Waals surface area contributed by atoms with Gasteiger partial charge in [-0.05, 0) is 201 Å². The largest absolute Gasteiger partial charge is 0.461 e. The standard InChI is InChI=1S/C86H80N2O8.CH4/c1-7-63-11-19-71(20-12-63)57-93-83(89)51-35-67-27-41-77(42-28-67)87(78-43-29-68(30-44-78)36-52-84(90)94-58-72-21-13-64(8-2)14-22-72)81-49-39-75(55-61(81)5)76-40-50-82(62(6)56-76)88(79-45-31-69(32-46-79)37-53-85(91)95-59-73-23-15-65(9-3)16-24-73)80-47-33-70(34-48-80)38-54-86(92)96-60-74-25-17-66(10-4)18-26-74;/h7-34,39-50,55-56H,1-4,35-38,51-54,57-60H2,5-6H3;1H4. The van der Waals surface area contributed by atoms with Crippen molar-refractivity contribution in [3.63, 3.8) is 0 Å². The summed E-state index contributed by atoms with van der Waals surface area (Å²) in [6.07, 6.45) is 10.2. The average molecular weight is 1290 g/mol. The molecule has 0 aliphatic carbocycles. The van der Waals surface area contributed by atoms with Gasteiger partial charge in [0.05, 0.1) is 0 Å². The summed E-state index contributed by atoms with van der Waals surface area (Å²) in [4.78, 5) is 56.2. The lowest BCUT2D eigenvalue weighted by atomic mass is 9.98. The summed E-state index contributed by atoms with van der Waals surface area (Å²) < 4.78 is 22.5. The summed E-state index contributed by atoms with van der Waals surface area (Å²) in [6.45, 7) is 20.4. The van der Waals surface area contributed by atoms with Gasteiger partial charge < -0.3 is 28.7 Å². The van der Waals surface area contributed by atoms with Crippen molar-refractivity contribution >= 4 is 82.3 Å². The maximum atomic E-state index is 12.9. The summed E-state index contributed by atoms with van der Waals surface area (Å²) in [5, 5.41) is 0. The van der Waals surface area contributed by atoms with Gasteiger partial charge in [-0.25, -0.2) is 0 Å². The Balaban J connectivity index is 0.0000110. The van der Waals surface area contributed by atoms with Crippen LogP contribution in [0.3, 0.4) is 0 Å². The number of nitrogens with zero attached hydrogens (tertiary/aromatic N) is 2. The van der Waals surface area contributed by atoms with Crippen molar-refractivity contribution < 1.29 is 38.1 Å². The van der Waals surface area contributed by atoms with Crippen LogP contribution in [0.5, 0.6) is 0 Å². The Morgan fingerprint density at radius 1 is 0.299 bits per heavy atom. The second-order valence-electron chi connectivity index (χ2n) is 23.8. The number of carbonyl (C=O) groups excluding carboxylic acids is 4. The summed E-state index contributed by atoms with van der Waals surface area (Å²) in [5.74, 6) is -1.05. The number of aryl methyl sites for hydroxylation is 6. The maximum absolute atomic E-state index is 12.9. The molecule has 0 radical (unpaired) electrons. The van der Waals surface area contributed by atoms with Crippen LogP contribution in [0.2, 0.25) is 0 Å². The zero-order valence-corrected chi connectivity index (χ0v) is 54.7. The van der Waals surface area contributed by atoms with E-state index in [-0.39, 0.29) is 83.4 Å². The molecule has 0 saturated carbocycles. The second kappa shape index (κ2) is 34.7. The van der Waals surface area contributed by atoms with Gasteiger partial charge in [-0.1, -0.05) is 216 Å². The molecule has 10 aromatic carbocycles. The Morgan fingerprint density at radius 2 is 0.505 bits per heavy atom. The van der Waals surface area contributed by atoms with Crippen molar-refractivity contribution in [2.24, 2.45) is 0 Å². The van der Waals surface area contributed by atoms with E-state index in [0.29, 0.717) is 25.7 Å². The van der Waals surface area contributed by atoms with Gasteiger partial charge >= 0.3 is 23.9 Å². The number of benzene rings is 10. The molecule has 10 rings (SSSR count). The lowest BCUT2D eigenvalue weighted by Gasteiger charge is -2.28. The van der Waals surface area contributed by atoms with Crippen molar-refractivity contribution in [1.29, 1.82) is 0 Å². The fourth-order valence-electron chi connectivity index (χ4n) is 11.2. The van der Waals surface area contributed by atoms with Crippen molar-refractivity contribution in [3.05, 3.63) is 335 Å². The lowest BCUT2D eigenvalue weighted by Crippen LogP contribution is -2.12. The molecule has 0 aromatic heterocycles. The fourth-order valence-corrected chi connectivity index (χ4v) is 11.2. The van der Waals surface area contributed by atoms with E-state index in [4.69, 9.17) is 18.9 Å². The Labute approximate surface area is 572 Å². The maximum Gasteiger partial charge on any atom is 0.306 e. The van der Waals surface area contributed by atoms with Gasteiger partial charge in [0.25, 0.3) is 0 Å². The normalized spacial score (nSPS) is 10.7. The van der Waals surface area contributed by atoms with Gasteiger partial charge in [0.1, 0.15) is 26.4 Å². The number of rotatable bonds is 31. The summed E-state index contributed by atoms with van der Waals surface area (Å²) >= 11 is 0. The van der Waals surface area contributed by atoms with Crippen LogP contribution in [-0.2, 0) is 90.2 Å². The SMILES string of the molecule is C.C=Cc1ccc(COC(=O)CCc2ccc(N(c3ccc(CCC(=O)OCc4ccc(C=C)cc4)cc3)c3ccc(-c4ccc(N(c5ccc(CCC(=O)OCc6ccc(C=C)cc6)cc5)c5ccc(CCC(=O)OCc6ccc(C=C)cc6)cc5)c(C)c4)cc3C)cc2)cc1. The highest BCUT2D eigenvalue weighted by atomic mass is 16.5. The molecular formula is C87H84N2O8. The molecule has 0 unspecified atom stereocenters. The fraction of sp³-hybridized carbons (Fsp3) is 0.172. The molecule has 0 N–H and O–H groups in total. The monoisotopic (exact) mass is 1280 g/mol. The van der Waals surface area contributed by atoms with Crippen molar-refractivity contribution in [3.8, 4) is 11.1 Å². The van der Waals surface area contributed by atoms with E-state index in [1.165, 1.54) is 0 Å². The second-order valence-corrected chi connectivity index (χ2v) is 23.8. The molecular weight excluding hydrogens is 1200 g/mol. The Morgan fingerprint density at radius 3 is 0.701 bits per heavy atom. The molecule has 0 heterocycles. The molecule has 0 fully saturated rings. The predicted octanol–water partition coefficient (Wildman–Crippen LogP) is 20.8. The molecule has 0 aliphatic heterocycles. The molecule has 490 valence electrons. The number of esters is 4. The third-order valence-electron chi connectivity index (χ3n) is 16.9. The van der Waals surface area contributed by atoms with Crippen molar-refractivity contribution in [1.82, 2.24) is 0 Å². The molecule has 0 amide bonds. The molecule has 0 saturated heterocycles. The van der Waals surface area contributed by atoms with Crippen LogP contribution in [0.1, 0.15) is 111 Å². The average Bonchev–Trinajstić information content (AvgIpc) is 0.810. The van der Waals surface area contributed by atoms with E-state index >= 15 is 0 Å². The third kappa shape index (κ3) is 19.9. The molecule has 10 nitrogen and oxygen atoms in total. The van der Waals surface area contributed by atoms with Gasteiger partial charge in [-0.2, -0.15) is 0 Å². The van der Waals surface area contributed by atoms with Crippen LogP contribution in [0.25, 0.3) is 35.4 Å². The van der Waals surface area contributed by atoms with Crippen molar-refractivity contribution in [2.75, 3.05) is 9.80 Å². The van der Waals surface area contributed by atoms with E-state index in [0.717, 1.165) is 123 Å². The Kier molecular flexibility index (Phi) is 25.0. The van der Waals surface area contributed by atoms with E-state index in [1.807, 2.05) is 97.1 Å². The minimum atomic E-state index is -0.262. The van der Waals surface area contributed by atoms with Crippen LogP contribution in [-0.4, -0.2) is 23.9 Å². The number of carbonyl (C=O) groups is 4. The zero-order chi connectivity index (χ0) is 67.2. The minimum Gasteiger partial charge on any atom is -0.461 e. The van der Waals surface area contributed by atoms with Gasteiger partial charge in [0.2, 0.25) is 0 Å². The first-order valence-electron chi connectivity index (χ1n) is 32.5. The molecule has 97 heavy (non-hydrogen) atoms. The van der Waals surface area contributed by atoms with E-state index in [9.17, 15) is 19.2 Å². The van der Waals surface area contributed by atoms with Crippen LogP contribution in [0, 0.1) is 13.8 Å². The number of hydrogen-bond donors (Lipinski definition) is 0. The highest BCUT2D eigenvalue weighted by Crippen LogP contribution is 2.41. The van der Waals surface area contributed by atoms with Crippen LogP contribution in [0.4, 0.5) is 34.1 Å². The summed E-state index contributed by atoms with van der Waals surface area (Å²) in [6, 6.07) is 77.5. The van der Waals surface area contributed by atoms with Gasteiger partial charge in [0, 0.05) is 59.8 Å². The van der Waals surface area contributed by atoms with Crippen molar-refractivity contribution in [2.45, 2.75) is 99.1 Å². The molecule has 10 heteroatoms. The highest BCUT2D eigenvalue weighted by molar-refractivity contribution is 5.84. The molecule has 10 aromatic rings. The number of anilines is 6. The smallest absolute Gasteiger partial charge is 0.306 e. The van der Waals surface area contributed by atoms with Crippen LogP contribution >= 0.6 is 0 Å². The summed E-state index contributed by atoms with van der Waals surface area (Å²) in [5.41, 5.74) is 21.6. The van der Waals surface area contributed by atoms with Gasteiger partial charge in [0.15, 0.2) is 0 Å². The molecule has 0 spiro atoms. The van der Waals surface area contributed by atoms with Gasteiger partial charge in [-0.15, -0.1) is 0 Å². The third-order valence-corrected chi connectivity index (χ3v) is 16.9. The quantitative estimate of drug-likeness (QED) is 0.0308. The first-order valence-corrected chi connectivity index (χ1v) is 32.5.